The van der Waals surface area contributed by atoms with E-state index in [-0.39, 0.29) is 18.9 Å². The second-order valence-electron chi connectivity index (χ2n) is 16.5. The Morgan fingerprint density at radius 2 is 0.984 bits per heavy atom. The van der Waals surface area contributed by atoms with Crippen molar-refractivity contribution in [1.29, 1.82) is 0 Å². The molecule has 0 aliphatic heterocycles. The lowest BCUT2D eigenvalue weighted by atomic mass is 9.85. The van der Waals surface area contributed by atoms with Gasteiger partial charge in [0.1, 0.15) is 43.2 Å². The van der Waals surface area contributed by atoms with E-state index in [9.17, 15) is 49.7 Å². The van der Waals surface area contributed by atoms with Gasteiger partial charge in [-0.2, -0.15) is 0 Å². The van der Waals surface area contributed by atoms with Crippen LogP contribution in [0.5, 0.6) is 0 Å². The fraction of sp³-hybridized carbons (Fsp3) is 0.787. The summed E-state index contributed by atoms with van der Waals surface area (Å²) >= 11 is 0. The van der Waals surface area contributed by atoms with Gasteiger partial charge in [-0.1, -0.05) is 145 Å². The first-order chi connectivity index (χ1) is 29.8. The lowest BCUT2D eigenvalue weighted by Gasteiger charge is -2.41. The van der Waals surface area contributed by atoms with Crippen molar-refractivity contribution in [2.75, 3.05) is 13.2 Å². The van der Waals surface area contributed by atoms with E-state index in [1.807, 2.05) is 12.2 Å². The van der Waals surface area contributed by atoms with Crippen molar-refractivity contribution in [3.8, 4) is 0 Å². The van der Waals surface area contributed by atoms with E-state index in [4.69, 9.17) is 18.5 Å². The predicted octanol–water partition coefficient (Wildman–Crippen LogP) is 8.14. The summed E-state index contributed by atoms with van der Waals surface area (Å²) in [5.74, 6) is -1.18. The second kappa shape index (κ2) is 37.0. The summed E-state index contributed by atoms with van der Waals surface area (Å²) in [6.45, 7) is 2.81. The molecule has 1 saturated carbocycles. The molecule has 0 aromatic rings. The highest BCUT2D eigenvalue weighted by molar-refractivity contribution is 7.47. The number of phosphoric ester groups is 1. The Morgan fingerprint density at radius 3 is 1.47 bits per heavy atom. The molecule has 0 spiro atoms. The van der Waals surface area contributed by atoms with Crippen LogP contribution in [-0.2, 0) is 32.7 Å². The standard InChI is InChI=1S/C47H83O14P/c1-3-4-5-6-7-8-9-10-12-17-20-23-26-29-32-35-41(50)60-39(37-59-62(56,57)61-47-45(54)43(52)42(51)44(53)46(47)55)36-58-40(49)34-31-28-25-22-19-16-14-11-13-15-18-21-24-27-30-33-38(2)48/h13-16,21-22,24-25,38-39,42-48,51-55H,3-12,17-20,23,26-37H2,1-2H3,(H,56,57)/b15-13-,16-14-,24-21-,25-22-/t38-,39-,42?,43-,44+,45-,46-,47?/m1/s1. The molecule has 1 fully saturated rings. The number of rotatable bonds is 38. The zero-order chi connectivity index (χ0) is 45.9. The summed E-state index contributed by atoms with van der Waals surface area (Å²) in [4.78, 5) is 35.7. The van der Waals surface area contributed by atoms with E-state index < -0.39 is 75.7 Å². The number of esters is 2. The number of allylic oxidation sites excluding steroid dienone is 8. The fourth-order valence-corrected chi connectivity index (χ4v) is 7.86. The van der Waals surface area contributed by atoms with Crippen LogP contribution < -0.4 is 0 Å². The van der Waals surface area contributed by atoms with Crippen molar-refractivity contribution >= 4 is 19.8 Å². The van der Waals surface area contributed by atoms with Gasteiger partial charge in [-0.25, -0.2) is 4.57 Å². The van der Waals surface area contributed by atoms with E-state index in [0.29, 0.717) is 19.3 Å². The van der Waals surface area contributed by atoms with Crippen LogP contribution >= 0.6 is 7.82 Å². The Bertz CT molecular complexity index is 1290. The van der Waals surface area contributed by atoms with Gasteiger partial charge in [-0.15, -0.1) is 0 Å². The molecule has 3 unspecified atom stereocenters. The number of aliphatic hydroxyl groups excluding tert-OH is 6. The molecule has 7 N–H and O–H groups in total. The van der Waals surface area contributed by atoms with Crippen molar-refractivity contribution < 1.29 is 68.2 Å². The molecule has 360 valence electrons. The maximum absolute atomic E-state index is 12.8. The normalized spacial score (nSPS) is 22.8. The predicted molar refractivity (Wildman–Crippen MR) is 241 cm³/mol. The SMILES string of the molecule is CCCCCCCCCCCCCCCCCC(=O)O[C@H](COC(=O)CCC/C=C\C/C=C\C/C=C\C/C=C\CCC[C@@H](C)O)COP(=O)(O)OC1[C@H](O)[C@H](O)C(O)[C@H](O)[C@H]1O. The third-order valence-corrected chi connectivity index (χ3v) is 11.7. The number of hydrogen-bond donors (Lipinski definition) is 7. The number of aliphatic hydroxyl groups is 6. The molecule has 0 amide bonds. The molecule has 9 atom stereocenters. The van der Waals surface area contributed by atoms with Crippen LogP contribution in [0.1, 0.15) is 174 Å². The van der Waals surface area contributed by atoms with Crippen LogP contribution in [0.2, 0.25) is 0 Å². The lowest BCUT2D eigenvalue weighted by Crippen LogP contribution is -2.64. The van der Waals surface area contributed by atoms with Gasteiger partial charge in [0, 0.05) is 12.8 Å². The number of carbonyl (C=O) groups is 2. The maximum atomic E-state index is 12.8. The Kier molecular flexibility index (Phi) is 34.5. The molecule has 0 saturated heterocycles. The van der Waals surface area contributed by atoms with Crippen molar-refractivity contribution in [2.45, 2.75) is 223 Å². The molecule has 0 radical (unpaired) electrons. The Labute approximate surface area is 372 Å². The van der Waals surface area contributed by atoms with E-state index in [1.165, 1.54) is 64.2 Å². The summed E-state index contributed by atoms with van der Waals surface area (Å²) in [5.41, 5.74) is 0. The third-order valence-electron chi connectivity index (χ3n) is 10.7. The maximum Gasteiger partial charge on any atom is 0.472 e. The van der Waals surface area contributed by atoms with E-state index in [1.54, 1.807) is 6.92 Å². The summed E-state index contributed by atoms with van der Waals surface area (Å²) in [7, 11) is -5.14. The van der Waals surface area contributed by atoms with Crippen molar-refractivity contribution in [3.63, 3.8) is 0 Å². The third kappa shape index (κ3) is 30.0. The number of unbranched alkanes of at least 4 members (excludes halogenated alkanes) is 16. The van der Waals surface area contributed by atoms with E-state index >= 15 is 0 Å². The molecule has 0 bridgehead atoms. The van der Waals surface area contributed by atoms with Gasteiger partial charge in [-0.05, 0) is 64.7 Å². The first kappa shape index (κ1) is 57.8. The highest BCUT2D eigenvalue weighted by Crippen LogP contribution is 2.47. The zero-order valence-corrected chi connectivity index (χ0v) is 38.7. The van der Waals surface area contributed by atoms with Gasteiger partial charge in [0.15, 0.2) is 6.10 Å². The van der Waals surface area contributed by atoms with Crippen molar-refractivity contribution in [2.24, 2.45) is 0 Å². The smallest absolute Gasteiger partial charge is 0.462 e. The van der Waals surface area contributed by atoms with Gasteiger partial charge in [0.25, 0.3) is 0 Å². The summed E-state index contributed by atoms with van der Waals surface area (Å²) in [5, 5.41) is 59.4. The average molecular weight is 903 g/mol. The molecule has 1 aliphatic carbocycles. The minimum Gasteiger partial charge on any atom is -0.462 e. The number of carbonyl (C=O) groups excluding carboxylic acids is 2. The molecule has 1 aliphatic rings. The zero-order valence-electron chi connectivity index (χ0n) is 37.8. The molecular formula is C47H83O14P. The lowest BCUT2D eigenvalue weighted by molar-refractivity contribution is -0.220. The van der Waals surface area contributed by atoms with Crippen LogP contribution in [0.25, 0.3) is 0 Å². The second-order valence-corrected chi connectivity index (χ2v) is 18.0. The Morgan fingerprint density at radius 1 is 0.565 bits per heavy atom. The Balaban J connectivity index is 2.49. The average Bonchev–Trinajstić information content (AvgIpc) is 3.24. The number of ether oxygens (including phenoxy) is 2. The van der Waals surface area contributed by atoms with Gasteiger partial charge in [0.2, 0.25) is 0 Å². The first-order valence-corrected chi connectivity index (χ1v) is 25.0. The number of phosphoric acid groups is 1. The fourth-order valence-electron chi connectivity index (χ4n) is 6.89. The van der Waals surface area contributed by atoms with Gasteiger partial charge < -0.3 is 45.0 Å². The summed E-state index contributed by atoms with van der Waals surface area (Å²) in [6.07, 6.45) is 27.3. The van der Waals surface area contributed by atoms with Gasteiger partial charge >= 0.3 is 19.8 Å². The van der Waals surface area contributed by atoms with E-state index in [0.717, 1.165) is 64.2 Å². The molecule has 14 nitrogen and oxygen atoms in total. The van der Waals surface area contributed by atoms with Crippen molar-refractivity contribution in [1.82, 2.24) is 0 Å². The quantitative estimate of drug-likeness (QED) is 0.0134. The highest BCUT2D eigenvalue weighted by atomic mass is 31.2. The molecular weight excluding hydrogens is 819 g/mol. The van der Waals surface area contributed by atoms with Crippen LogP contribution in [-0.4, -0.2) is 110 Å². The van der Waals surface area contributed by atoms with Crippen LogP contribution in [0.4, 0.5) is 0 Å². The summed E-state index contributed by atoms with van der Waals surface area (Å²) in [6, 6.07) is 0. The largest absolute Gasteiger partial charge is 0.472 e. The molecule has 1 rings (SSSR count). The van der Waals surface area contributed by atoms with Crippen LogP contribution in [0, 0.1) is 0 Å². The monoisotopic (exact) mass is 903 g/mol. The minimum atomic E-state index is -5.14. The minimum absolute atomic E-state index is 0.0796. The van der Waals surface area contributed by atoms with Crippen LogP contribution in [0.15, 0.2) is 48.6 Å². The molecule has 62 heavy (non-hydrogen) atoms. The van der Waals surface area contributed by atoms with E-state index in [2.05, 4.69) is 43.4 Å². The topological polar surface area (TPSA) is 230 Å². The van der Waals surface area contributed by atoms with Crippen molar-refractivity contribution in [3.05, 3.63) is 48.6 Å². The van der Waals surface area contributed by atoms with Crippen LogP contribution in [0.3, 0.4) is 0 Å². The molecule has 0 aromatic carbocycles. The van der Waals surface area contributed by atoms with Gasteiger partial charge in [-0.3, -0.25) is 18.6 Å². The summed E-state index contributed by atoms with van der Waals surface area (Å²) < 4.78 is 33.5. The van der Waals surface area contributed by atoms with Gasteiger partial charge in [0.05, 0.1) is 12.7 Å². The molecule has 15 heteroatoms. The number of hydrogen-bond acceptors (Lipinski definition) is 13. The Hall–Kier alpha value is -2.23. The molecule has 0 heterocycles. The highest BCUT2D eigenvalue weighted by Gasteiger charge is 2.51. The first-order valence-electron chi connectivity index (χ1n) is 23.5. The molecule has 0 aromatic heterocycles.